The lowest BCUT2D eigenvalue weighted by molar-refractivity contribution is -0.118. The summed E-state index contributed by atoms with van der Waals surface area (Å²) in [4.78, 5) is 16.2. The number of hydrogen-bond donors (Lipinski definition) is 1. The van der Waals surface area contributed by atoms with Gasteiger partial charge in [0.1, 0.15) is 0 Å². The monoisotopic (exact) mass is 278 g/mol. The van der Waals surface area contributed by atoms with Crippen molar-refractivity contribution in [3.05, 3.63) is 23.5 Å². The van der Waals surface area contributed by atoms with Gasteiger partial charge < -0.3 is 14.8 Å². The van der Waals surface area contributed by atoms with Crippen LogP contribution in [0.4, 0.5) is 5.69 Å². The lowest BCUT2D eigenvalue weighted by atomic mass is 10.1. The molecular weight excluding hydrogens is 256 g/mol. The summed E-state index contributed by atoms with van der Waals surface area (Å²) in [5.41, 5.74) is 2.55. The van der Waals surface area contributed by atoms with Crippen LogP contribution in [-0.4, -0.2) is 36.8 Å². The summed E-state index contributed by atoms with van der Waals surface area (Å²) in [5, 5.41) is 2.87. The molecule has 20 heavy (non-hydrogen) atoms. The van der Waals surface area contributed by atoms with Crippen molar-refractivity contribution in [2.75, 3.05) is 25.1 Å². The number of amides is 1. The molecular formula is C15H22N2O3. The maximum absolute atomic E-state index is 11.8. The molecule has 1 N–H and O–H groups in total. The normalized spacial score (nSPS) is 16.1. The van der Waals surface area contributed by atoms with Crippen LogP contribution >= 0.6 is 0 Å². The van der Waals surface area contributed by atoms with Crippen molar-refractivity contribution in [3.63, 3.8) is 0 Å². The van der Waals surface area contributed by atoms with Gasteiger partial charge in [0.15, 0.2) is 0 Å². The highest BCUT2D eigenvalue weighted by Crippen LogP contribution is 2.14. The van der Waals surface area contributed by atoms with Crippen LogP contribution in [-0.2, 0) is 14.3 Å². The highest BCUT2D eigenvalue weighted by molar-refractivity contribution is 5.91. The maximum atomic E-state index is 11.8. The molecule has 0 saturated carbocycles. The molecule has 0 radical (unpaired) electrons. The first kappa shape index (κ1) is 14.9. The molecule has 110 valence electrons. The van der Waals surface area contributed by atoms with Gasteiger partial charge in [0, 0.05) is 18.9 Å². The third-order valence-electron chi connectivity index (χ3n) is 3.35. The Bertz CT molecular complexity index is 456. The molecule has 2 rings (SSSR count). The Kier molecular flexibility index (Phi) is 5.49. The van der Waals surface area contributed by atoms with E-state index >= 15 is 0 Å². The summed E-state index contributed by atoms with van der Waals surface area (Å²) in [6.07, 6.45) is 2.44. The molecule has 1 saturated heterocycles. The minimum absolute atomic E-state index is 0.0363. The number of anilines is 1. The van der Waals surface area contributed by atoms with E-state index in [2.05, 4.69) is 10.3 Å². The van der Waals surface area contributed by atoms with E-state index in [1.807, 2.05) is 26.0 Å². The Balaban J connectivity index is 1.72. The number of aryl methyl sites for hydroxylation is 2. The second kappa shape index (κ2) is 7.36. The summed E-state index contributed by atoms with van der Waals surface area (Å²) >= 11 is 0. The molecule has 1 aliphatic heterocycles. The molecule has 2 heterocycles. The molecule has 0 unspecified atom stereocenters. The fraction of sp³-hybridized carbons (Fsp3) is 0.600. The first-order valence-electron chi connectivity index (χ1n) is 7.08. The summed E-state index contributed by atoms with van der Waals surface area (Å²) in [6.45, 7) is 5.78. The number of carbonyl (C=O) groups excluding carboxylic acids is 1. The smallest absolute Gasteiger partial charge is 0.226 e. The summed E-state index contributed by atoms with van der Waals surface area (Å²) in [5.74, 6) is -0.0363. The number of rotatable bonds is 5. The van der Waals surface area contributed by atoms with Gasteiger partial charge in [-0.05, 0) is 38.8 Å². The van der Waals surface area contributed by atoms with E-state index in [9.17, 15) is 4.79 Å². The van der Waals surface area contributed by atoms with Crippen molar-refractivity contribution in [3.8, 4) is 0 Å². The second-order valence-electron chi connectivity index (χ2n) is 5.07. The van der Waals surface area contributed by atoms with E-state index in [4.69, 9.17) is 9.47 Å². The molecule has 1 aliphatic rings. The number of aromatic nitrogens is 1. The number of ether oxygens (including phenoxy) is 2. The summed E-state index contributed by atoms with van der Waals surface area (Å²) < 4.78 is 10.9. The van der Waals surface area contributed by atoms with Gasteiger partial charge in [-0.15, -0.1) is 0 Å². The van der Waals surface area contributed by atoms with Crippen LogP contribution in [0.2, 0.25) is 0 Å². The number of pyridine rings is 1. The van der Waals surface area contributed by atoms with Crippen molar-refractivity contribution >= 4 is 11.6 Å². The van der Waals surface area contributed by atoms with Crippen molar-refractivity contribution in [2.24, 2.45) is 0 Å². The fourth-order valence-corrected chi connectivity index (χ4v) is 2.19. The van der Waals surface area contributed by atoms with E-state index in [1.54, 1.807) is 0 Å². The van der Waals surface area contributed by atoms with Crippen molar-refractivity contribution in [1.82, 2.24) is 4.98 Å². The Hall–Kier alpha value is -1.46. The van der Waals surface area contributed by atoms with E-state index in [1.165, 1.54) is 0 Å². The molecule has 0 atom stereocenters. The van der Waals surface area contributed by atoms with Gasteiger partial charge in [0.25, 0.3) is 0 Å². The Morgan fingerprint density at radius 1 is 1.40 bits per heavy atom. The minimum atomic E-state index is -0.0363. The zero-order chi connectivity index (χ0) is 14.4. The topological polar surface area (TPSA) is 60.5 Å². The predicted octanol–water partition coefficient (Wildman–Crippen LogP) is 2.22. The highest BCUT2D eigenvalue weighted by atomic mass is 16.5. The summed E-state index contributed by atoms with van der Waals surface area (Å²) in [7, 11) is 0. The van der Waals surface area contributed by atoms with Crippen LogP contribution in [0.25, 0.3) is 0 Å². The van der Waals surface area contributed by atoms with Gasteiger partial charge in [-0.25, -0.2) is 0 Å². The fourth-order valence-electron chi connectivity index (χ4n) is 2.19. The molecule has 1 amide bonds. The van der Waals surface area contributed by atoms with Crippen LogP contribution in [0, 0.1) is 13.8 Å². The van der Waals surface area contributed by atoms with Crippen LogP contribution in [0.15, 0.2) is 12.1 Å². The van der Waals surface area contributed by atoms with Crippen LogP contribution < -0.4 is 5.32 Å². The van der Waals surface area contributed by atoms with E-state index < -0.39 is 0 Å². The Morgan fingerprint density at radius 2 is 2.15 bits per heavy atom. The Morgan fingerprint density at radius 3 is 2.85 bits per heavy atom. The average molecular weight is 278 g/mol. The number of carbonyl (C=O) groups is 1. The Labute approximate surface area is 119 Å². The molecule has 0 bridgehead atoms. The standard InChI is InChI=1S/C15H22N2O3/c1-11-3-4-14(12(2)16-11)17-15(18)7-10-20-13-5-8-19-9-6-13/h3-4,13H,5-10H2,1-2H3,(H,17,18). The molecule has 1 fully saturated rings. The molecule has 0 spiro atoms. The quantitative estimate of drug-likeness (QED) is 0.897. The lowest BCUT2D eigenvalue weighted by Crippen LogP contribution is -2.25. The van der Waals surface area contributed by atoms with Crippen LogP contribution in [0.5, 0.6) is 0 Å². The zero-order valence-electron chi connectivity index (χ0n) is 12.1. The third-order valence-corrected chi connectivity index (χ3v) is 3.35. The largest absolute Gasteiger partial charge is 0.381 e. The first-order chi connectivity index (χ1) is 9.65. The molecule has 5 nitrogen and oxygen atoms in total. The predicted molar refractivity (Wildman–Crippen MR) is 76.8 cm³/mol. The third kappa shape index (κ3) is 4.58. The molecule has 0 aromatic carbocycles. The second-order valence-corrected chi connectivity index (χ2v) is 5.07. The van der Waals surface area contributed by atoms with E-state index in [0.717, 1.165) is 43.1 Å². The van der Waals surface area contributed by atoms with Gasteiger partial charge >= 0.3 is 0 Å². The molecule has 1 aromatic heterocycles. The maximum Gasteiger partial charge on any atom is 0.226 e. The number of nitrogens with zero attached hydrogens (tertiary/aromatic N) is 1. The first-order valence-corrected chi connectivity index (χ1v) is 7.08. The lowest BCUT2D eigenvalue weighted by Gasteiger charge is -2.22. The summed E-state index contributed by atoms with van der Waals surface area (Å²) in [6, 6.07) is 3.77. The van der Waals surface area contributed by atoms with Crippen LogP contribution in [0.1, 0.15) is 30.7 Å². The van der Waals surface area contributed by atoms with Gasteiger partial charge in [0.2, 0.25) is 5.91 Å². The average Bonchev–Trinajstić information content (AvgIpc) is 2.43. The van der Waals surface area contributed by atoms with Crippen molar-refractivity contribution in [2.45, 2.75) is 39.2 Å². The number of nitrogens with one attached hydrogen (secondary N) is 1. The van der Waals surface area contributed by atoms with Gasteiger partial charge in [-0.2, -0.15) is 0 Å². The van der Waals surface area contributed by atoms with Crippen LogP contribution in [0.3, 0.4) is 0 Å². The van der Waals surface area contributed by atoms with Gasteiger partial charge in [-0.3, -0.25) is 9.78 Å². The van der Waals surface area contributed by atoms with E-state index in [-0.39, 0.29) is 12.0 Å². The SMILES string of the molecule is Cc1ccc(NC(=O)CCOC2CCOCC2)c(C)n1. The zero-order valence-corrected chi connectivity index (χ0v) is 12.1. The highest BCUT2D eigenvalue weighted by Gasteiger charge is 2.14. The van der Waals surface area contributed by atoms with Gasteiger partial charge in [-0.1, -0.05) is 0 Å². The van der Waals surface area contributed by atoms with E-state index in [0.29, 0.717) is 13.0 Å². The molecule has 1 aromatic rings. The van der Waals surface area contributed by atoms with Crippen molar-refractivity contribution in [1.29, 1.82) is 0 Å². The van der Waals surface area contributed by atoms with Gasteiger partial charge in [0.05, 0.1) is 30.5 Å². The number of hydrogen-bond acceptors (Lipinski definition) is 4. The minimum Gasteiger partial charge on any atom is -0.381 e. The molecule has 0 aliphatic carbocycles. The molecule has 5 heteroatoms. The van der Waals surface area contributed by atoms with Crippen molar-refractivity contribution < 1.29 is 14.3 Å².